The second-order valence-corrected chi connectivity index (χ2v) is 11.0. The van der Waals surface area contributed by atoms with Gasteiger partial charge in [0.15, 0.2) is 5.78 Å². The molecule has 202 valence electrons. The molecule has 2 atom stereocenters. The van der Waals surface area contributed by atoms with Gasteiger partial charge in [-0.25, -0.2) is 4.39 Å². The third kappa shape index (κ3) is 8.64. The van der Waals surface area contributed by atoms with Crippen LogP contribution in [0.3, 0.4) is 0 Å². The Balaban J connectivity index is 0.000000877. The number of aryl methyl sites for hydroxylation is 2. The minimum atomic E-state index is -1.87. The van der Waals surface area contributed by atoms with Gasteiger partial charge in [0.05, 0.1) is 5.54 Å². The molecule has 3 rings (SSSR count). The number of carbonyl (C=O) groups is 3. The fourth-order valence-corrected chi connectivity index (χ4v) is 3.62. The Bertz CT molecular complexity index is 1140. The molecule has 1 aliphatic heterocycles. The third-order valence-corrected chi connectivity index (χ3v) is 5.32. The van der Waals surface area contributed by atoms with Crippen LogP contribution in [0, 0.1) is 18.2 Å². The molecular weight excluding hydrogens is 481 g/mol. The number of hydrogen-bond donors (Lipinski definition) is 1. The molecule has 2 aromatic rings. The molecule has 0 fully saturated rings. The number of ketones is 2. The zero-order chi connectivity index (χ0) is 28.1. The number of aromatic nitrogens is 2. The summed E-state index contributed by atoms with van der Waals surface area (Å²) in [6, 6.07) is 4.29. The number of Topliss-reactive ketones (excluding diaryl/α,β-unsaturated/α-hetero) is 2. The lowest BCUT2D eigenvalue weighted by molar-refractivity contribution is -0.458. The SMILES string of the molecule is CC(C)(C)[NH3+].Cc1nnc(C(=O)CC(C)(C)C2=NC(C(=O)CCc3ccc(F)cc3)C([O-])C(=O)N2C)o1. The van der Waals surface area contributed by atoms with E-state index in [1.54, 1.807) is 32.9 Å². The van der Waals surface area contributed by atoms with Crippen molar-refractivity contribution in [2.75, 3.05) is 7.05 Å². The van der Waals surface area contributed by atoms with E-state index >= 15 is 0 Å². The molecule has 1 aromatic heterocycles. The van der Waals surface area contributed by atoms with Crippen LogP contribution < -0.4 is 10.8 Å². The number of carbonyl (C=O) groups excluding carboxylic acids is 3. The molecular formula is C26H36FN5O5. The lowest BCUT2D eigenvalue weighted by Crippen LogP contribution is -2.67. The van der Waals surface area contributed by atoms with E-state index in [1.165, 1.54) is 19.2 Å². The highest BCUT2D eigenvalue weighted by Crippen LogP contribution is 2.30. The van der Waals surface area contributed by atoms with Crippen LogP contribution in [0.2, 0.25) is 0 Å². The van der Waals surface area contributed by atoms with Crippen molar-refractivity contribution in [1.82, 2.24) is 15.1 Å². The fraction of sp³-hybridized carbons (Fsp3) is 0.538. The van der Waals surface area contributed by atoms with Gasteiger partial charge in [-0.05, 0) is 51.0 Å². The molecule has 2 unspecified atom stereocenters. The number of amides is 1. The first-order valence-electron chi connectivity index (χ1n) is 12.0. The maximum atomic E-state index is 13.1. The predicted molar refractivity (Wildman–Crippen MR) is 132 cm³/mol. The molecule has 0 radical (unpaired) electrons. The summed E-state index contributed by atoms with van der Waals surface area (Å²) in [5, 5.41) is 19.9. The maximum Gasteiger partial charge on any atom is 0.284 e. The van der Waals surface area contributed by atoms with Gasteiger partial charge in [0.25, 0.3) is 5.89 Å². The molecule has 1 aromatic carbocycles. The number of benzene rings is 1. The van der Waals surface area contributed by atoms with Gasteiger partial charge >= 0.3 is 0 Å². The molecule has 1 amide bonds. The summed E-state index contributed by atoms with van der Waals surface area (Å²) in [4.78, 5) is 43.3. The molecule has 0 saturated carbocycles. The third-order valence-electron chi connectivity index (χ3n) is 5.32. The molecule has 0 spiro atoms. The Hall–Kier alpha value is -3.31. The van der Waals surface area contributed by atoms with Gasteiger partial charge < -0.3 is 20.2 Å². The highest BCUT2D eigenvalue weighted by molar-refractivity contribution is 6.09. The number of hydrogen-bond acceptors (Lipinski definition) is 8. The maximum absolute atomic E-state index is 13.1. The second kappa shape index (κ2) is 11.8. The topological polar surface area (TPSA) is 156 Å². The number of halogens is 1. The van der Waals surface area contributed by atoms with Crippen molar-refractivity contribution in [3.63, 3.8) is 0 Å². The lowest BCUT2D eigenvalue weighted by Gasteiger charge is -2.42. The van der Waals surface area contributed by atoms with Crippen LogP contribution in [0.25, 0.3) is 0 Å². The van der Waals surface area contributed by atoms with E-state index < -0.39 is 35.0 Å². The molecule has 0 aliphatic carbocycles. The number of rotatable bonds is 8. The number of nitrogens with zero attached hydrogens (tertiary/aromatic N) is 4. The quantitative estimate of drug-likeness (QED) is 0.517. The summed E-state index contributed by atoms with van der Waals surface area (Å²) in [5.74, 6) is -1.85. The lowest BCUT2D eigenvalue weighted by atomic mass is 9.83. The van der Waals surface area contributed by atoms with Crippen molar-refractivity contribution < 1.29 is 34.0 Å². The normalized spacial score (nSPS) is 18.2. The minimum Gasteiger partial charge on any atom is -0.843 e. The monoisotopic (exact) mass is 517 g/mol. The van der Waals surface area contributed by atoms with Crippen LogP contribution in [-0.2, 0) is 16.0 Å². The predicted octanol–water partition coefficient (Wildman–Crippen LogP) is 1.31. The first kappa shape index (κ1) is 29.9. The molecule has 0 saturated heterocycles. The standard InChI is InChI=1S/C22H24FN4O5.C4H11N/c1-12-25-26-19(32-12)16(29)11-22(2,3)21-24-17(18(30)20(31)27(21)4)15(28)10-7-13-5-8-14(23)9-6-13;1-4(2,3)5/h5-6,8-9,17-18H,7,10-11H2,1-4H3;5H2,1-3H3/q-1;/p+1. The Morgan fingerprint density at radius 3 is 2.22 bits per heavy atom. The van der Waals surface area contributed by atoms with Crippen molar-refractivity contribution >= 4 is 23.3 Å². The average Bonchev–Trinajstić information content (AvgIpc) is 3.22. The van der Waals surface area contributed by atoms with Gasteiger partial charge in [0, 0.05) is 32.2 Å². The van der Waals surface area contributed by atoms with E-state index in [0.29, 0.717) is 0 Å². The Kier molecular flexibility index (Phi) is 9.56. The van der Waals surface area contributed by atoms with Crippen LogP contribution in [0.5, 0.6) is 0 Å². The van der Waals surface area contributed by atoms with Crippen LogP contribution in [-0.4, -0.2) is 63.1 Å². The van der Waals surface area contributed by atoms with Gasteiger partial charge in [-0.1, -0.05) is 26.0 Å². The summed E-state index contributed by atoms with van der Waals surface area (Å²) in [6.45, 7) is 11.2. The van der Waals surface area contributed by atoms with Crippen molar-refractivity contribution in [3.05, 3.63) is 47.4 Å². The molecule has 37 heavy (non-hydrogen) atoms. The van der Waals surface area contributed by atoms with Gasteiger partial charge in [0.2, 0.25) is 17.6 Å². The van der Waals surface area contributed by atoms with Crippen molar-refractivity contribution in [2.24, 2.45) is 10.4 Å². The molecule has 0 bridgehead atoms. The largest absolute Gasteiger partial charge is 0.843 e. The highest BCUT2D eigenvalue weighted by Gasteiger charge is 2.41. The summed E-state index contributed by atoms with van der Waals surface area (Å²) < 4.78 is 18.2. The average molecular weight is 518 g/mol. The van der Waals surface area contributed by atoms with Crippen molar-refractivity contribution in [1.29, 1.82) is 0 Å². The Morgan fingerprint density at radius 1 is 1.14 bits per heavy atom. The van der Waals surface area contributed by atoms with Gasteiger partial charge in [-0.3, -0.25) is 19.4 Å². The molecule has 10 nitrogen and oxygen atoms in total. The summed E-state index contributed by atoms with van der Waals surface area (Å²) in [6.07, 6.45) is -1.72. The van der Waals surface area contributed by atoms with E-state index in [2.05, 4.69) is 41.7 Å². The fourth-order valence-electron chi connectivity index (χ4n) is 3.62. The van der Waals surface area contributed by atoms with Crippen molar-refractivity contribution in [2.45, 2.75) is 78.5 Å². The summed E-state index contributed by atoms with van der Waals surface area (Å²) in [7, 11) is 1.40. The van der Waals surface area contributed by atoms with E-state index in [9.17, 15) is 23.9 Å². The molecule has 2 heterocycles. The minimum absolute atomic E-state index is 0.0244. The number of quaternary nitrogens is 1. The van der Waals surface area contributed by atoms with Crippen LogP contribution in [0.4, 0.5) is 4.39 Å². The Labute approximate surface area is 216 Å². The van der Waals surface area contributed by atoms with E-state index in [-0.39, 0.29) is 48.2 Å². The van der Waals surface area contributed by atoms with Gasteiger partial charge in [-0.2, -0.15) is 0 Å². The summed E-state index contributed by atoms with van der Waals surface area (Å²) >= 11 is 0. The number of aliphatic imine (C=N–C) groups is 1. The van der Waals surface area contributed by atoms with Crippen LogP contribution >= 0.6 is 0 Å². The summed E-state index contributed by atoms with van der Waals surface area (Å²) in [5.41, 5.74) is 3.76. The van der Waals surface area contributed by atoms with Crippen molar-refractivity contribution in [3.8, 4) is 0 Å². The zero-order valence-electron chi connectivity index (χ0n) is 22.5. The van der Waals surface area contributed by atoms with E-state index in [0.717, 1.165) is 10.5 Å². The van der Waals surface area contributed by atoms with E-state index in [1.807, 2.05) is 0 Å². The molecule has 3 N–H and O–H groups in total. The smallest absolute Gasteiger partial charge is 0.284 e. The first-order chi connectivity index (χ1) is 17.0. The first-order valence-corrected chi connectivity index (χ1v) is 12.0. The Morgan fingerprint density at radius 2 is 1.70 bits per heavy atom. The van der Waals surface area contributed by atoms with Crippen LogP contribution in [0.1, 0.15) is 69.6 Å². The number of amidine groups is 1. The van der Waals surface area contributed by atoms with Gasteiger partial charge in [0.1, 0.15) is 17.7 Å². The van der Waals surface area contributed by atoms with Crippen LogP contribution in [0.15, 0.2) is 33.7 Å². The van der Waals surface area contributed by atoms with Gasteiger partial charge in [-0.15, -0.1) is 10.2 Å². The molecule has 1 aliphatic rings. The molecule has 11 heteroatoms. The van der Waals surface area contributed by atoms with E-state index in [4.69, 9.17) is 4.42 Å². The highest BCUT2D eigenvalue weighted by atomic mass is 19.1. The zero-order valence-corrected chi connectivity index (χ0v) is 22.5. The second-order valence-electron chi connectivity index (χ2n) is 11.0. The number of likely N-dealkylation sites (N-methyl/N-ethyl adjacent to an activating group) is 1.